The minimum Gasteiger partial charge on any atom is -0.493 e. The van der Waals surface area contributed by atoms with Crippen LogP contribution < -0.4 is 4.74 Å². The third kappa shape index (κ3) is 4.28. The zero-order valence-electron chi connectivity index (χ0n) is 19.4. The Kier molecular flexibility index (Phi) is 5.71. The fourth-order valence-electron chi connectivity index (χ4n) is 5.50. The van der Waals surface area contributed by atoms with Gasteiger partial charge in [0, 0.05) is 48.8 Å². The van der Waals surface area contributed by atoms with Crippen LogP contribution in [0.15, 0.2) is 65.8 Å². The van der Waals surface area contributed by atoms with Crippen LogP contribution in [-0.4, -0.2) is 41.1 Å². The molecule has 0 bridgehead atoms. The van der Waals surface area contributed by atoms with Gasteiger partial charge in [0.2, 0.25) is 0 Å². The van der Waals surface area contributed by atoms with Gasteiger partial charge in [-0.2, -0.15) is 0 Å². The largest absolute Gasteiger partial charge is 0.493 e. The van der Waals surface area contributed by atoms with Crippen molar-refractivity contribution in [2.45, 2.75) is 38.8 Å². The highest BCUT2D eigenvalue weighted by atomic mass is 16.5. The molecule has 3 aliphatic rings. The summed E-state index contributed by atoms with van der Waals surface area (Å²) in [5.74, 6) is 1.61. The lowest BCUT2D eigenvalue weighted by atomic mass is 9.89. The van der Waals surface area contributed by atoms with E-state index in [2.05, 4.69) is 40.2 Å². The molecule has 0 unspecified atom stereocenters. The Morgan fingerprint density at radius 1 is 1.09 bits per heavy atom. The van der Waals surface area contributed by atoms with Gasteiger partial charge in [-0.05, 0) is 72.8 Å². The number of aliphatic imine (C=N–C) groups is 1. The molecule has 172 valence electrons. The first kappa shape index (κ1) is 21.2. The zero-order valence-corrected chi connectivity index (χ0v) is 19.4. The molecule has 0 N–H and O–H groups in total. The highest BCUT2D eigenvalue weighted by Crippen LogP contribution is 2.31. The predicted octanol–water partition coefficient (Wildman–Crippen LogP) is 4.85. The van der Waals surface area contributed by atoms with E-state index in [1.807, 2.05) is 30.5 Å². The molecule has 1 fully saturated rings. The minimum absolute atomic E-state index is 0.237. The second-order valence-corrected chi connectivity index (χ2v) is 9.65. The Bertz CT molecular complexity index is 1250. The summed E-state index contributed by atoms with van der Waals surface area (Å²) in [5, 5.41) is 0. The predicted molar refractivity (Wildman–Crippen MR) is 133 cm³/mol. The summed E-state index contributed by atoms with van der Waals surface area (Å²) in [5.41, 5.74) is 7.56. The number of pyridine rings is 1. The van der Waals surface area contributed by atoms with Gasteiger partial charge in [-0.1, -0.05) is 18.2 Å². The summed E-state index contributed by atoms with van der Waals surface area (Å²) in [6, 6.07) is 18.5. The van der Waals surface area contributed by atoms with Crippen LogP contribution in [0.4, 0.5) is 0 Å². The molecule has 5 heteroatoms. The van der Waals surface area contributed by atoms with E-state index in [9.17, 15) is 4.79 Å². The first-order valence-corrected chi connectivity index (χ1v) is 12.3. The molecule has 0 amide bonds. The minimum atomic E-state index is 0.237. The van der Waals surface area contributed by atoms with E-state index in [0.717, 1.165) is 79.3 Å². The van der Waals surface area contributed by atoms with Gasteiger partial charge in [-0.15, -0.1) is 0 Å². The van der Waals surface area contributed by atoms with E-state index >= 15 is 0 Å². The molecule has 0 radical (unpaired) electrons. The lowest BCUT2D eigenvalue weighted by Crippen LogP contribution is -2.36. The number of benzene rings is 2. The Labute approximate surface area is 200 Å². The maximum absolute atomic E-state index is 13.3. The molecule has 0 spiro atoms. The summed E-state index contributed by atoms with van der Waals surface area (Å²) in [4.78, 5) is 25.0. The van der Waals surface area contributed by atoms with Crippen LogP contribution in [0.1, 0.15) is 57.6 Å². The van der Waals surface area contributed by atoms with Gasteiger partial charge < -0.3 is 4.74 Å². The molecule has 4 heterocycles. The Balaban J connectivity index is 1.15. The number of hydrogen-bond acceptors (Lipinski definition) is 5. The number of hydrogen-bond donors (Lipinski definition) is 0. The molecule has 1 saturated heterocycles. The highest BCUT2D eigenvalue weighted by Gasteiger charge is 2.25. The molecule has 1 aromatic heterocycles. The number of Topliss-reactive ketones (excluding diaryl/α,β-unsaturated/α-hetero) is 1. The van der Waals surface area contributed by atoms with Gasteiger partial charge in [-0.25, -0.2) is 0 Å². The number of aromatic nitrogens is 1. The average Bonchev–Trinajstić information content (AvgIpc) is 3.51. The number of ether oxygens (including phenoxy) is 1. The molecule has 0 saturated carbocycles. The quantitative estimate of drug-likeness (QED) is 0.503. The number of ketones is 1. The topological polar surface area (TPSA) is 54.8 Å². The monoisotopic (exact) mass is 451 g/mol. The third-order valence-corrected chi connectivity index (χ3v) is 7.25. The normalized spacial score (nSPS) is 19.3. The standard InChI is InChI=1S/C29H29N3O2/c33-27(14-20-4-3-12-32(18-20)19-25-5-1-2-11-30-25)21-6-7-24-17-31-29(26(24)16-21)23-8-9-28-22(15-23)10-13-34-28/h1-2,5-9,11,15-16,20H,3-4,10,12-14,17-19H2/t20-/m0/s1. The van der Waals surface area contributed by atoms with Crippen molar-refractivity contribution in [2.75, 3.05) is 19.7 Å². The van der Waals surface area contributed by atoms with Crippen LogP contribution >= 0.6 is 0 Å². The summed E-state index contributed by atoms with van der Waals surface area (Å²) in [7, 11) is 0. The van der Waals surface area contributed by atoms with Crippen molar-refractivity contribution in [1.82, 2.24) is 9.88 Å². The van der Waals surface area contributed by atoms with E-state index in [-0.39, 0.29) is 5.78 Å². The van der Waals surface area contributed by atoms with Crippen molar-refractivity contribution in [2.24, 2.45) is 10.9 Å². The van der Waals surface area contributed by atoms with Crippen molar-refractivity contribution >= 4 is 11.5 Å². The van der Waals surface area contributed by atoms with E-state index < -0.39 is 0 Å². The third-order valence-electron chi connectivity index (χ3n) is 7.25. The first-order chi connectivity index (χ1) is 16.7. The summed E-state index contributed by atoms with van der Waals surface area (Å²) >= 11 is 0. The molecule has 0 aliphatic carbocycles. The van der Waals surface area contributed by atoms with Crippen molar-refractivity contribution in [3.8, 4) is 5.75 Å². The zero-order chi connectivity index (χ0) is 22.9. The Morgan fingerprint density at radius 3 is 2.97 bits per heavy atom. The summed E-state index contributed by atoms with van der Waals surface area (Å²) in [6.07, 6.45) is 5.64. The molecule has 3 aliphatic heterocycles. The van der Waals surface area contributed by atoms with E-state index in [1.165, 1.54) is 11.1 Å². The smallest absolute Gasteiger partial charge is 0.163 e. The maximum atomic E-state index is 13.3. The molecule has 34 heavy (non-hydrogen) atoms. The number of carbonyl (C=O) groups excluding carboxylic acids is 1. The molecule has 2 aromatic carbocycles. The SMILES string of the molecule is O=C(C[C@@H]1CCCN(Cc2ccccn2)C1)c1ccc2c(c1)C(c1ccc3c(c1)CCO3)=NC2. The number of likely N-dealkylation sites (tertiary alicyclic amines) is 1. The molecular formula is C29H29N3O2. The number of carbonyl (C=O) groups is 1. The van der Waals surface area contributed by atoms with Gasteiger partial charge in [0.25, 0.3) is 0 Å². The van der Waals surface area contributed by atoms with Crippen molar-refractivity contribution in [1.29, 1.82) is 0 Å². The molecule has 3 aromatic rings. The fraction of sp³-hybridized carbons (Fsp3) is 0.345. The molecule has 5 nitrogen and oxygen atoms in total. The lowest BCUT2D eigenvalue weighted by Gasteiger charge is -2.32. The van der Waals surface area contributed by atoms with Crippen LogP contribution in [0.5, 0.6) is 5.75 Å². The highest BCUT2D eigenvalue weighted by molar-refractivity contribution is 6.16. The maximum Gasteiger partial charge on any atom is 0.163 e. The first-order valence-electron chi connectivity index (χ1n) is 12.3. The number of fused-ring (bicyclic) bond motifs is 2. The van der Waals surface area contributed by atoms with Gasteiger partial charge >= 0.3 is 0 Å². The lowest BCUT2D eigenvalue weighted by molar-refractivity contribution is 0.0912. The van der Waals surface area contributed by atoms with Crippen LogP contribution in [0.3, 0.4) is 0 Å². The van der Waals surface area contributed by atoms with E-state index in [1.54, 1.807) is 0 Å². The average molecular weight is 452 g/mol. The fourth-order valence-corrected chi connectivity index (χ4v) is 5.50. The van der Waals surface area contributed by atoms with E-state index in [4.69, 9.17) is 9.73 Å². The second-order valence-electron chi connectivity index (χ2n) is 9.65. The number of rotatable bonds is 6. The van der Waals surface area contributed by atoms with Gasteiger partial charge in [0.05, 0.1) is 24.6 Å². The van der Waals surface area contributed by atoms with E-state index in [0.29, 0.717) is 18.9 Å². The number of nitrogens with zero attached hydrogens (tertiary/aromatic N) is 3. The molecule has 6 rings (SSSR count). The van der Waals surface area contributed by atoms with Crippen LogP contribution in [-0.2, 0) is 19.5 Å². The van der Waals surface area contributed by atoms with Crippen LogP contribution in [0.2, 0.25) is 0 Å². The van der Waals surface area contributed by atoms with Crippen molar-refractivity contribution in [3.63, 3.8) is 0 Å². The van der Waals surface area contributed by atoms with Gasteiger partial charge in [-0.3, -0.25) is 19.7 Å². The summed E-state index contributed by atoms with van der Waals surface area (Å²) < 4.78 is 5.66. The molecule has 1 atom stereocenters. The number of piperidine rings is 1. The summed E-state index contributed by atoms with van der Waals surface area (Å²) in [6.45, 7) is 4.32. The second kappa shape index (κ2) is 9.15. The Morgan fingerprint density at radius 2 is 2.06 bits per heavy atom. The van der Waals surface area contributed by atoms with Crippen molar-refractivity contribution < 1.29 is 9.53 Å². The van der Waals surface area contributed by atoms with Gasteiger partial charge in [0.1, 0.15) is 5.75 Å². The van der Waals surface area contributed by atoms with Crippen LogP contribution in [0, 0.1) is 5.92 Å². The van der Waals surface area contributed by atoms with Gasteiger partial charge in [0.15, 0.2) is 5.78 Å². The Hall–Kier alpha value is -3.31. The molecular weight excluding hydrogens is 422 g/mol. The van der Waals surface area contributed by atoms with Crippen molar-refractivity contribution in [3.05, 3.63) is 94.3 Å². The van der Waals surface area contributed by atoms with Crippen LogP contribution in [0.25, 0.3) is 0 Å².